The average Bonchev–Trinajstić information content (AvgIpc) is 3.06. The molecular formula is C66H69F3N6O8S. The van der Waals surface area contributed by atoms with Gasteiger partial charge in [-0.1, -0.05) is 72.8 Å². The Balaban J connectivity index is 0.000000131. The maximum atomic E-state index is 13.1. The summed E-state index contributed by atoms with van der Waals surface area (Å²) in [5.74, 6) is 2.52. The number of likely N-dealkylation sites (tertiary alicyclic amines) is 3. The number of hydrogen-bond donors (Lipinski definition) is 3. The molecule has 3 fully saturated rings. The Morgan fingerprint density at radius 1 is 0.464 bits per heavy atom. The molecule has 0 unspecified atom stereocenters. The molecule has 3 amide bonds. The molecule has 0 aliphatic carbocycles. The molecule has 6 aliphatic rings. The molecular weight excluding hydrogens is 1090 g/mol. The summed E-state index contributed by atoms with van der Waals surface area (Å²) in [4.78, 5) is 44.4. The van der Waals surface area contributed by atoms with Crippen LogP contribution in [0.4, 0.5) is 13.2 Å². The normalized spacial score (nSPS) is 17.9. The zero-order valence-electron chi connectivity index (χ0n) is 47.0. The molecule has 0 radical (unpaired) electrons. The Morgan fingerprint density at radius 2 is 0.845 bits per heavy atom. The molecule has 6 aliphatic heterocycles. The molecule has 14 nitrogen and oxygen atoms in total. The standard InChI is InChI=1S/C24H24N2O2.C21H21F3N2O2.C21H24N2O4S/c25-15-17-5-8-22-21(13-17)24(16-28-22)9-11-26(12-10-24)23(27)20-7-6-18-3-1-2-4-19(18)14-20;22-21(23,24)16-4-2-15(3-5-16)19(27)26-9-7-20(8-10-26)13-28-18-6-1-14(12-25)11-17(18)20;1-28(25,26)17-4-2-3-16(12-17)20(24)23-9-7-21(8-10-23)14-27-19-6-5-15(13-22)11-18(19)21/h1-8,13-14H,9-12,15-16,25H2;1-6,11H,7-10,12-13,25H2;2-6,11-12H,7-10,13-14,22H2,1H3. The van der Waals surface area contributed by atoms with E-state index in [0.29, 0.717) is 71.2 Å². The fourth-order valence-electron chi connectivity index (χ4n) is 12.8. The van der Waals surface area contributed by atoms with Gasteiger partial charge in [-0.05, 0) is 139 Å². The van der Waals surface area contributed by atoms with Crippen molar-refractivity contribution in [2.45, 2.75) is 85.5 Å². The molecule has 18 heteroatoms. The number of alkyl halides is 3. The van der Waals surface area contributed by atoms with Gasteiger partial charge < -0.3 is 46.1 Å². The van der Waals surface area contributed by atoms with Crippen LogP contribution in [0.15, 0.2) is 150 Å². The van der Waals surface area contributed by atoms with Gasteiger partial charge >= 0.3 is 6.18 Å². The lowest BCUT2D eigenvalue weighted by atomic mass is 9.74. The van der Waals surface area contributed by atoms with Crippen molar-refractivity contribution in [3.05, 3.63) is 201 Å². The SMILES string of the molecule is CS(=O)(=O)c1cccc(C(=O)N2CCC3(CC2)COc2ccc(CN)cc23)c1.NCc1ccc2c(c1)C1(CCN(C(=O)c3ccc(C(F)(F)F)cc3)CC1)CO2.NCc1ccc2c(c1)C1(CCN(C(=O)c3ccc4ccccc4c3)CC1)CO2. The van der Waals surface area contributed by atoms with Crippen LogP contribution in [0.25, 0.3) is 10.8 Å². The summed E-state index contributed by atoms with van der Waals surface area (Å²) in [5, 5.41) is 2.27. The number of ether oxygens (including phenoxy) is 3. The van der Waals surface area contributed by atoms with Crippen LogP contribution in [0.3, 0.4) is 0 Å². The summed E-state index contributed by atoms with van der Waals surface area (Å²) in [6.07, 6.45) is 1.71. The zero-order chi connectivity index (χ0) is 59.0. The van der Waals surface area contributed by atoms with Crippen LogP contribution in [0.1, 0.15) is 109 Å². The molecule has 0 saturated carbocycles. The lowest BCUT2D eigenvalue weighted by Gasteiger charge is -2.38. The van der Waals surface area contributed by atoms with Crippen molar-refractivity contribution in [1.82, 2.24) is 14.7 Å². The van der Waals surface area contributed by atoms with E-state index in [-0.39, 0.29) is 44.4 Å². The number of benzene rings is 7. The van der Waals surface area contributed by atoms with Crippen molar-refractivity contribution >= 4 is 38.3 Å². The fourth-order valence-corrected chi connectivity index (χ4v) is 13.5. The van der Waals surface area contributed by atoms with Gasteiger partial charge in [0.2, 0.25) is 0 Å². The first-order valence-corrected chi connectivity index (χ1v) is 30.5. The summed E-state index contributed by atoms with van der Waals surface area (Å²) < 4.78 is 79.4. The number of hydrogen-bond acceptors (Lipinski definition) is 11. The van der Waals surface area contributed by atoms with Gasteiger partial charge in [-0.3, -0.25) is 14.4 Å². The van der Waals surface area contributed by atoms with E-state index in [4.69, 9.17) is 31.4 Å². The molecule has 13 rings (SSSR count). The number of nitrogens with two attached hydrogens (primary N) is 3. The molecule has 438 valence electrons. The van der Waals surface area contributed by atoms with Gasteiger partial charge in [0.05, 0.1) is 30.3 Å². The van der Waals surface area contributed by atoms with Gasteiger partial charge in [0.25, 0.3) is 17.7 Å². The van der Waals surface area contributed by atoms with Crippen molar-refractivity contribution < 1.29 is 50.2 Å². The lowest BCUT2D eigenvalue weighted by molar-refractivity contribution is -0.137. The summed E-state index contributed by atoms with van der Waals surface area (Å²) in [6, 6.07) is 43.2. The number of rotatable bonds is 7. The third kappa shape index (κ3) is 11.6. The number of carbonyl (C=O) groups excluding carboxylic acids is 3. The fraction of sp³-hybridized carbons (Fsp3) is 0.348. The Labute approximate surface area is 487 Å². The van der Waals surface area contributed by atoms with E-state index in [1.54, 1.807) is 21.9 Å². The highest BCUT2D eigenvalue weighted by molar-refractivity contribution is 7.90. The third-order valence-electron chi connectivity index (χ3n) is 18.1. The maximum Gasteiger partial charge on any atom is 0.416 e. The number of carbonyl (C=O) groups is 3. The van der Waals surface area contributed by atoms with Gasteiger partial charge in [-0.2, -0.15) is 13.2 Å². The predicted octanol–water partition coefficient (Wildman–Crippen LogP) is 9.71. The minimum Gasteiger partial charge on any atom is -0.492 e. The Kier molecular flexibility index (Phi) is 16.1. The summed E-state index contributed by atoms with van der Waals surface area (Å²) in [6.45, 7) is 7.19. The van der Waals surface area contributed by atoms with Gasteiger partial charge in [-0.15, -0.1) is 0 Å². The van der Waals surface area contributed by atoms with E-state index in [9.17, 15) is 36.0 Å². The Bertz CT molecular complexity index is 3740. The first-order chi connectivity index (χ1) is 40.3. The molecule has 84 heavy (non-hydrogen) atoms. The van der Waals surface area contributed by atoms with Crippen molar-refractivity contribution in [1.29, 1.82) is 0 Å². The predicted molar refractivity (Wildman–Crippen MR) is 315 cm³/mol. The van der Waals surface area contributed by atoms with Crippen LogP contribution in [0.5, 0.6) is 17.2 Å². The number of nitrogens with zero attached hydrogens (tertiary/aromatic N) is 3. The molecule has 7 aromatic carbocycles. The molecule has 6 N–H and O–H groups in total. The van der Waals surface area contributed by atoms with Crippen LogP contribution in [-0.2, 0) is 51.9 Å². The minimum atomic E-state index is -4.41. The maximum absolute atomic E-state index is 13.1. The van der Waals surface area contributed by atoms with Crippen molar-refractivity contribution in [3.63, 3.8) is 0 Å². The second kappa shape index (κ2) is 23.4. The summed E-state index contributed by atoms with van der Waals surface area (Å²) in [5.41, 5.74) is 24.8. The summed E-state index contributed by atoms with van der Waals surface area (Å²) >= 11 is 0. The van der Waals surface area contributed by atoms with Crippen LogP contribution in [0, 0.1) is 0 Å². The van der Waals surface area contributed by atoms with Crippen LogP contribution in [0.2, 0.25) is 0 Å². The van der Waals surface area contributed by atoms with E-state index in [2.05, 4.69) is 30.3 Å². The van der Waals surface area contributed by atoms with E-state index < -0.39 is 21.6 Å². The Morgan fingerprint density at radius 3 is 1.24 bits per heavy atom. The van der Waals surface area contributed by atoms with E-state index in [1.807, 2.05) is 71.6 Å². The van der Waals surface area contributed by atoms with E-state index >= 15 is 0 Å². The van der Waals surface area contributed by atoms with Gasteiger partial charge in [-0.25, -0.2) is 8.42 Å². The number of halogens is 3. The van der Waals surface area contributed by atoms with Gasteiger partial charge in [0.15, 0.2) is 9.84 Å². The monoisotopic (exact) mass is 1160 g/mol. The smallest absolute Gasteiger partial charge is 0.416 e. The van der Waals surface area contributed by atoms with E-state index in [0.717, 1.165) is 126 Å². The van der Waals surface area contributed by atoms with Crippen molar-refractivity contribution in [3.8, 4) is 17.2 Å². The minimum absolute atomic E-state index is 0.0146. The highest BCUT2D eigenvalue weighted by Crippen LogP contribution is 2.49. The molecule has 6 heterocycles. The zero-order valence-corrected chi connectivity index (χ0v) is 47.8. The van der Waals surface area contributed by atoms with Crippen LogP contribution in [-0.4, -0.2) is 106 Å². The second-order valence-electron chi connectivity index (χ2n) is 23.1. The van der Waals surface area contributed by atoms with Gasteiger partial charge in [0, 0.05) is 115 Å². The highest BCUT2D eigenvalue weighted by atomic mass is 32.2. The highest BCUT2D eigenvalue weighted by Gasteiger charge is 2.47. The quantitative estimate of drug-likeness (QED) is 0.137. The molecule has 3 saturated heterocycles. The molecule has 0 atom stereocenters. The number of fused-ring (bicyclic) bond motifs is 7. The largest absolute Gasteiger partial charge is 0.492 e. The first-order valence-electron chi connectivity index (χ1n) is 28.6. The van der Waals surface area contributed by atoms with Gasteiger partial charge in [0.1, 0.15) is 17.2 Å². The second-order valence-corrected chi connectivity index (χ2v) is 25.1. The topological polar surface area (TPSA) is 201 Å². The van der Waals surface area contributed by atoms with Crippen LogP contribution >= 0.6 is 0 Å². The first kappa shape index (κ1) is 58.0. The molecule has 0 aromatic heterocycles. The van der Waals surface area contributed by atoms with Crippen LogP contribution < -0.4 is 31.4 Å². The molecule has 7 aromatic rings. The lowest BCUT2D eigenvalue weighted by Crippen LogP contribution is -2.46. The number of sulfone groups is 1. The number of amides is 3. The average molecular weight is 1160 g/mol. The third-order valence-corrected chi connectivity index (χ3v) is 19.2. The van der Waals surface area contributed by atoms with Crippen molar-refractivity contribution in [2.75, 3.05) is 65.3 Å². The number of piperidine rings is 3. The summed E-state index contributed by atoms with van der Waals surface area (Å²) in [7, 11) is -3.35. The Hall–Kier alpha value is -7.77. The van der Waals surface area contributed by atoms with E-state index in [1.165, 1.54) is 35.4 Å². The molecule has 0 bridgehead atoms. The van der Waals surface area contributed by atoms with Crippen molar-refractivity contribution in [2.24, 2.45) is 17.2 Å². The molecule has 3 spiro atoms.